The maximum atomic E-state index is 13.7. The van der Waals surface area contributed by atoms with Crippen LogP contribution in [0.15, 0.2) is 36.7 Å². The second-order valence-corrected chi connectivity index (χ2v) is 4.12. The van der Waals surface area contributed by atoms with Crippen molar-refractivity contribution < 1.29 is 9.13 Å². The van der Waals surface area contributed by atoms with Gasteiger partial charge < -0.3 is 10.5 Å². The van der Waals surface area contributed by atoms with Crippen molar-refractivity contribution in [1.29, 1.82) is 0 Å². The van der Waals surface area contributed by atoms with Crippen LogP contribution in [0.1, 0.15) is 22.7 Å². The van der Waals surface area contributed by atoms with E-state index in [1.54, 1.807) is 13.2 Å². The molecule has 1 atom stereocenters. The van der Waals surface area contributed by atoms with Crippen LogP contribution in [0.4, 0.5) is 4.39 Å². The fraction of sp³-hybridized carbons (Fsp3) is 0.214. The minimum Gasteiger partial charge on any atom is -0.496 e. The summed E-state index contributed by atoms with van der Waals surface area (Å²) in [6.07, 6.45) is 2.69. The van der Waals surface area contributed by atoms with Gasteiger partial charge in [0.15, 0.2) is 0 Å². The number of nitrogens with zero attached hydrogens (tertiary/aromatic N) is 1. The molecule has 0 aliphatic heterocycles. The summed E-state index contributed by atoms with van der Waals surface area (Å²) in [5, 5.41) is 0. The minimum atomic E-state index is -0.567. The van der Waals surface area contributed by atoms with Gasteiger partial charge in [-0.05, 0) is 19.1 Å². The molecule has 18 heavy (non-hydrogen) atoms. The Morgan fingerprint density at radius 3 is 2.72 bits per heavy atom. The van der Waals surface area contributed by atoms with Crippen molar-refractivity contribution in [3.05, 3.63) is 59.2 Å². The molecule has 0 aliphatic carbocycles. The van der Waals surface area contributed by atoms with Crippen molar-refractivity contribution in [2.24, 2.45) is 5.73 Å². The van der Waals surface area contributed by atoms with Gasteiger partial charge in [-0.1, -0.05) is 17.7 Å². The average Bonchev–Trinajstić information content (AvgIpc) is 2.38. The van der Waals surface area contributed by atoms with Gasteiger partial charge in [-0.25, -0.2) is 4.39 Å². The van der Waals surface area contributed by atoms with Crippen LogP contribution in [-0.4, -0.2) is 12.1 Å². The van der Waals surface area contributed by atoms with Crippen LogP contribution < -0.4 is 10.5 Å². The second kappa shape index (κ2) is 5.14. The van der Waals surface area contributed by atoms with Crippen LogP contribution >= 0.6 is 0 Å². The molecule has 0 spiro atoms. The quantitative estimate of drug-likeness (QED) is 0.905. The standard InChI is InChI=1S/C14H15FN2O/c1-9-3-4-13(18-2)11(7-9)14(16)10-5-6-17-8-12(10)15/h3-8,14H,16H2,1-2H3. The maximum Gasteiger partial charge on any atom is 0.146 e. The van der Waals surface area contributed by atoms with Gasteiger partial charge in [-0.2, -0.15) is 0 Å². The fourth-order valence-electron chi connectivity index (χ4n) is 1.90. The van der Waals surface area contributed by atoms with Crippen LogP contribution in [0.2, 0.25) is 0 Å². The van der Waals surface area contributed by atoms with E-state index in [9.17, 15) is 4.39 Å². The van der Waals surface area contributed by atoms with E-state index in [2.05, 4.69) is 4.98 Å². The highest BCUT2D eigenvalue weighted by molar-refractivity contribution is 5.43. The Balaban J connectivity index is 2.48. The summed E-state index contributed by atoms with van der Waals surface area (Å²) in [5.74, 6) is 0.248. The average molecular weight is 246 g/mol. The topological polar surface area (TPSA) is 48.1 Å². The van der Waals surface area contributed by atoms with Crippen LogP contribution in [0, 0.1) is 12.7 Å². The van der Waals surface area contributed by atoms with Crippen molar-refractivity contribution in [3.63, 3.8) is 0 Å². The Hall–Kier alpha value is -1.94. The van der Waals surface area contributed by atoms with E-state index < -0.39 is 11.9 Å². The first-order valence-electron chi connectivity index (χ1n) is 5.63. The van der Waals surface area contributed by atoms with E-state index in [1.165, 1.54) is 6.20 Å². The Bertz CT molecular complexity index is 557. The zero-order valence-corrected chi connectivity index (χ0v) is 10.4. The molecule has 2 N–H and O–H groups in total. The SMILES string of the molecule is COc1ccc(C)cc1C(N)c1ccncc1F. The lowest BCUT2D eigenvalue weighted by atomic mass is 9.97. The number of benzene rings is 1. The molecule has 0 radical (unpaired) electrons. The third-order valence-corrected chi connectivity index (χ3v) is 2.86. The van der Waals surface area contributed by atoms with Gasteiger partial charge in [0.1, 0.15) is 11.6 Å². The normalized spacial score (nSPS) is 12.2. The van der Waals surface area contributed by atoms with Gasteiger partial charge in [0.05, 0.1) is 19.3 Å². The number of ether oxygens (including phenoxy) is 1. The van der Waals surface area contributed by atoms with E-state index in [-0.39, 0.29) is 0 Å². The Morgan fingerprint density at radius 1 is 1.28 bits per heavy atom. The molecule has 0 fully saturated rings. The van der Waals surface area contributed by atoms with Crippen molar-refractivity contribution in [1.82, 2.24) is 4.98 Å². The molecule has 1 aromatic heterocycles. The van der Waals surface area contributed by atoms with Crippen molar-refractivity contribution in [3.8, 4) is 5.75 Å². The van der Waals surface area contributed by atoms with E-state index in [0.29, 0.717) is 11.3 Å². The molecule has 0 aliphatic rings. The summed E-state index contributed by atoms with van der Waals surface area (Å²) in [5.41, 5.74) is 8.34. The molecule has 94 valence electrons. The van der Waals surface area contributed by atoms with E-state index in [0.717, 1.165) is 17.3 Å². The third kappa shape index (κ3) is 2.33. The minimum absolute atomic E-state index is 0.409. The summed E-state index contributed by atoms with van der Waals surface area (Å²) in [6.45, 7) is 1.96. The largest absolute Gasteiger partial charge is 0.496 e. The number of hydrogen-bond donors (Lipinski definition) is 1. The van der Waals surface area contributed by atoms with E-state index >= 15 is 0 Å². The highest BCUT2D eigenvalue weighted by atomic mass is 19.1. The monoisotopic (exact) mass is 246 g/mol. The molecule has 0 saturated heterocycles. The number of nitrogens with two attached hydrogens (primary N) is 1. The lowest BCUT2D eigenvalue weighted by Crippen LogP contribution is -2.15. The highest BCUT2D eigenvalue weighted by Gasteiger charge is 2.17. The smallest absolute Gasteiger partial charge is 0.146 e. The van der Waals surface area contributed by atoms with E-state index in [4.69, 9.17) is 10.5 Å². The number of rotatable bonds is 3. The Kier molecular flexibility index (Phi) is 3.58. The lowest BCUT2D eigenvalue weighted by Gasteiger charge is -2.17. The van der Waals surface area contributed by atoms with Gasteiger partial charge in [-0.3, -0.25) is 4.98 Å². The number of hydrogen-bond acceptors (Lipinski definition) is 3. The zero-order valence-electron chi connectivity index (χ0n) is 10.4. The molecule has 0 saturated carbocycles. The maximum absolute atomic E-state index is 13.7. The number of methoxy groups -OCH3 is 1. The molecule has 2 aromatic rings. The summed E-state index contributed by atoms with van der Waals surface area (Å²) in [4.78, 5) is 3.72. The van der Waals surface area contributed by atoms with Gasteiger partial charge in [-0.15, -0.1) is 0 Å². The van der Waals surface area contributed by atoms with Gasteiger partial charge >= 0.3 is 0 Å². The van der Waals surface area contributed by atoms with Crippen LogP contribution in [0.25, 0.3) is 0 Å². The first kappa shape index (κ1) is 12.5. The Morgan fingerprint density at radius 2 is 2.06 bits per heavy atom. The lowest BCUT2D eigenvalue weighted by molar-refractivity contribution is 0.407. The number of halogens is 1. The first-order chi connectivity index (χ1) is 8.63. The molecule has 1 unspecified atom stereocenters. The van der Waals surface area contributed by atoms with Gasteiger partial charge in [0.2, 0.25) is 0 Å². The first-order valence-corrected chi connectivity index (χ1v) is 5.63. The van der Waals surface area contributed by atoms with Crippen molar-refractivity contribution >= 4 is 0 Å². The molecule has 4 heteroatoms. The molecule has 0 amide bonds. The number of pyridine rings is 1. The molecule has 0 bridgehead atoms. The predicted molar refractivity (Wildman–Crippen MR) is 68.0 cm³/mol. The van der Waals surface area contributed by atoms with Crippen molar-refractivity contribution in [2.75, 3.05) is 7.11 Å². The molecule has 2 rings (SSSR count). The van der Waals surface area contributed by atoms with Crippen LogP contribution in [0.5, 0.6) is 5.75 Å². The molecular weight excluding hydrogens is 231 g/mol. The summed E-state index contributed by atoms with van der Waals surface area (Å²) < 4.78 is 18.9. The molecule has 3 nitrogen and oxygen atoms in total. The van der Waals surface area contributed by atoms with Crippen LogP contribution in [0.3, 0.4) is 0 Å². The van der Waals surface area contributed by atoms with Gasteiger partial charge in [0, 0.05) is 17.3 Å². The van der Waals surface area contributed by atoms with Crippen LogP contribution in [-0.2, 0) is 0 Å². The summed E-state index contributed by atoms with van der Waals surface area (Å²) in [6, 6.07) is 6.69. The molecular formula is C14H15FN2O. The third-order valence-electron chi connectivity index (χ3n) is 2.86. The zero-order chi connectivity index (χ0) is 13.1. The van der Waals surface area contributed by atoms with E-state index in [1.807, 2.05) is 25.1 Å². The highest BCUT2D eigenvalue weighted by Crippen LogP contribution is 2.29. The van der Waals surface area contributed by atoms with Crippen molar-refractivity contribution in [2.45, 2.75) is 13.0 Å². The fourth-order valence-corrected chi connectivity index (χ4v) is 1.90. The Labute approximate surface area is 105 Å². The predicted octanol–water partition coefficient (Wildman–Crippen LogP) is 2.59. The number of aryl methyl sites for hydroxylation is 1. The number of aromatic nitrogens is 1. The summed E-state index contributed by atoms with van der Waals surface area (Å²) in [7, 11) is 1.57. The molecule has 1 aromatic carbocycles. The molecule has 1 heterocycles. The second-order valence-electron chi connectivity index (χ2n) is 4.12. The summed E-state index contributed by atoms with van der Waals surface area (Å²) >= 11 is 0. The van der Waals surface area contributed by atoms with Gasteiger partial charge in [0.25, 0.3) is 0 Å².